The SMILES string of the molecule is Cc1ccccc1N1CCN(Cc2nc(N)c3ccccc3n2)CC1. The van der Waals surface area contributed by atoms with E-state index in [0.29, 0.717) is 5.82 Å². The van der Waals surface area contributed by atoms with Crippen LogP contribution in [-0.4, -0.2) is 41.0 Å². The van der Waals surface area contributed by atoms with Crippen LogP contribution >= 0.6 is 0 Å². The number of nitrogen functional groups attached to an aromatic ring is 1. The highest BCUT2D eigenvalue weighted by atomic mass is 15.3. The number of hydrogen-bond donors (Lipinski definition) is 1. The molecule has 0 unspecified atom stereocenters. The first-order valence-electron chi connectivity index (χ1n) is 8.75. The number of rotatable bonds is 3. The van der Waals surface area contributed by atoms with E-state index in [1.54, 1.807) is 0 Å². The third-order valence-corrected chi connectivity index (χ3v) is 4.87. The maximum Gasteiger partial charge on any atom is 0.145 e. The Morgan fingerprint density at radius 3 is 2.44 bits per heavy atom. The summed E-state index contributed by atoms with van der Waals surface area (Å²) in [5.41, 5.74) is 9.69. The molecule has 1 fully saturated rings. The summed E-state index contributed by atoms with van der Waals surface area (Å²) in [6.07, 6.45) is 0. The molecule has 0 aliphatic carbocycles. The molecule has 3 aromatic rings. The monoisotopic (exact) mass is 333 g/mol. The van der Waals surface area contributed by atoms with Crippen LogP contribution in [0.25, 0.3) is 10.9 Å². The largest absolute Gasteiger partial charge is 0.383 e. The minimum Gasteiger partial charge on any atom is -0.383 e. The number of para-hydroxylation sites is 2. The Morgan fingerprint density at radius 2 is 1.64 bits per heavy atom. The average Bonchev–Trinajstić information content (AvgIpc) is 2.63. The van der Waals surface area contributed by atoms with E-state index >= 15 is 0 Å². The van der Waals surface area contributed by atoms with Gasteiger partial charge in [-0.3, -0.25) is 4.90 Å². The van der Waals surface area contributed by atoms with Crippen LogP contribution in [0.4, 0.5) is 11.5 Å². The maximum absolute atomic E-state index is 6.10. The third-order valence-electron chi connectivity index (χ3n) is 4.87. The molecule has 2 aromatic carbocycles. The summed E-state index contributed by atoms with van der Waals surface area (Å²) in [6, 6.07) is 16.5. The Hall–Kier alpha value is -2.66. The van der Waals surface area contributed by atoms with Crippen LogP contribution in [0, 0.1) is 6.92 Å². The van der Waals surface area contributed by atoms with E-state index in [-0.39, 0.29) is 0 Å². The highest BCUT2D eigenvalue weighted by Gasteiger charge is 2.19. The lowest BCUT2D eigenvalue weighted by Gasteiger charge is -2.36. The van der Waals surface area contributed by atoms with Crippen molar-refractivity contribution in [3.8, 4) is 0 Å². The number of aromatic nitrogens is 2. The Labute approximate surface area is 148 Å². The van der Waals surface area contributed by atoms with Crippen molar-refractivity contribution in [3.05, 3.63) is 59.9 Å². The number of piperazine rings is 1. The molecule has 2 N–H and O–H groups in total. The van der Waals surface area contributed by atoms with Gasteiger partial charge in [-0.2, -0.15) is 0 Å². The zero-order chi connectivity index (χ0) is 17.2. The van der Waals surface area contributed by atoms with Crippen LogP contribution in [0.5, 0.6) is 0 Å². The average molecular weight is 333 g/mol. The number of benzene rings is 2. The molecule has 25 heavy (non-hydrogen) atoms. The van der Waals surface area contributed by atoms with Gasteiger partial charge < -0.3 is 10.6 Å². The van der Waals surface area contributed by atoms with Crippen molar-refractivity contribution in [3.63, 3.8) is 0 Å². The molecule has 2 heterocycles. The van der Waals surface area contributed by atoms with Crippen molar-refractivity contribution in [2.75, 3.05) is 36.8 Å². The van der Waals surface area contributed by atoms with E-state index < -0.39 is 0 Å². The topological polar surface area (TPSA) is 58.3 Å². The summed E-state index contributed by atoms with van der Waals surface area (Å²) < 4.78 is 0. The molecule has 0 radical (unpaired) electrons. The Kier molecular flexibility index (Phi) is 4.24. The molecule has 1 saturated heterocycles. The lowest BCUT2D eigenvalue weighted by atomic mass is 10.1. The quantitative estimate of drug-likeness (QED) is 0.799. The van der Waals surface area contributed by atoms with Gasteiger partial charge in [-0.15, -0.1) is 0 Å². The van der Waals surface area contributed by atoms with Crippen molar-refractivity contribution in [1.29, 1.82) is 0 Å². The van der Waals surface area contributed by atoms with Crippen LogP contribution in [0.2, 0.25) is 0 Å². The molecule has 0 atom stereocenters. The zero-order valence-electron chi connectivity index (χ0n) is 14.5. The van der Waals surface area contributed by atoms with E-state index in [9.17, 15) is 0 Å². The molecule has 5 nitrogen and oxygen atoms in total. The van der Waals surface area contributed by atoms with E-state index in [2.05, 4.69) is 51.0 Å². The fourth-order valence-corrected chi connectivity index (χ4v) is 3.49. The smallest absolute Gasteiger partial charge is 0.145 e. The van der Waals surface area contributed by atoms with Gasteiger partial charge in [-0.25, -0.2) is 9.97 Å². The number of fused-ring (bicyclic) bond motifs is 1. The van der Waals surface area contributed by atoms with Crippen LogP contribution in [0.15, 0.2) is 48.5 Å². The predicted molar refractivity (Wildman–Crippen MR) is 103 cm³/mol. The van der Waals surface area contributed by atoms with Crippen molar-refractivity contribution < 1.29 is 0 Å². The molecule has 0 saturated carbocycles. The van der Waals surface area contributed by atoms with Gasteiger partial charge in [0.15, 0.2) is 0 Å². The number of nitrogens with zero attached hydrogens (tertiary/aromatic N) is 4. The number of anilines is 2. The summed E-state index contributed by atoms with van der Waals surface area (Å²) in [6.45, 7) is 6.97. The van der Waals surface area contributed by atoms with Crippen LogP contribution in [0.3, 0.4) is 0 Å². The van der Waals surface area contributed by atoms with Gasteiger partial charge in [0.05, 0.1) is 12.1 Å². The highest BCUT2D eigenvalue weighted by Crippen LogP contribution is 2.22. The Balaban J connectivity index is 1.44. The van der Waals surface area contributed by atoms with Gasteiger partial charge in [0, 0.05) is 37.3 Å². The second kappa shape index (κ2) is 6.69. The summed E-state index contributed by atoms with van der Waals surface area (Å²) >= 11 is 0. The molecule has 0 spiro atoms. The summed E-state index contributed by atoms with van der Waals surface area (Å²) in [5, 5.41) is 0.927. The fourth-order valence-electron chi connectivity index (χ4n) is 3.49. The van der Waals surface area contributed by atoms with Gasteiger partial charge in [-0.1, -0.05) is 30.3 Å². The van der Waals surface area contributed by atoms with E-state index in [4.69, 9.17) is 5.73 Å². The molecule has 1 aromatic heterocycles. The second-order valence-corrected chi connectivity index (χ2v) is 6.59. The molecule has 1 aliphatic heterocycles. The molecule has 0 bridgehead atoms. The summed E-state index contributed by atoms with van der Waals surface area (Å²) in [7, 11) is 0. The van der Waals surface area contributed by atoms with Crippen LogP contribution < -0.4 is 10.6 Å². The molecule has 0 amide bonds. The number of hydrogen-bond acceptors (Lipinski definition) is 5. The van der Waals surface area contributed by atoms with E-state index in [1.807, 2.05) is 24.3 Å². The summed E-state index contributed by atoms with van der Waals surface area (Å²) in [5.74, 6) is 1.37. The van der Waals surface area contributed by atoms with E-state index in [1.165, 1.54) is 11.3 Å². The lowest BCUT2D eigenvalue weighted by Crippen LogP contribution is -2.46. The minimum atomic E-state index is 0.569. The first kappa shape index (κ1) is 15.8. The molecule has 1 aliphatic rings. The van der Waals surface area contributed by atoms with Crippen molar-refractivity contribution in [2.24, 2.45) is 0 Å². The Bertz CT molecular complexity index is 884. The molecule has 128 valence electrons. The second-order valence-electron chi connectivity index (χ2n) is 6.59. The van der Waals surface area contributed by atoms with Gasteiger partial charge in [-0.05, 0) is 30.7 Å². The summed E-state index contributed by atoms with van der Waals surface area (Å²) in [4.78, 5) is 14.0. The van der Waals surface area contributed by atoms with Gasteiger partial charge in [0.25, 0.3) is 0 Å². The highest BCUT2D eigenvalue weighted by molar-refractivity contribution is 5.87. The number of aryl methyl sites for hydroxylation is 1. The van der Waals surface area contributed by atoms with Crippen molar-refractivity contribution in [1.82, 2.24) is 14.9 Å². The van der Waals surface area contributed by atoms with Crippen molar-refractivity contribution >= 4 is 22.4 Å². The molecule has 4 rings (SSSR count). The number of nitrogens with two attached hydrogens (primary N) is 1. The Morgan fingerprint density at radius 1 is 0.920 bits per heavy atom. The van der Waals surface area contributed by atoms with E-state index in [0.717, 1.165) is 49.5 Å². The van der Waals surface area contributed by atoms with Crippen molar-refractivity contribution in [2.45, 2.75) is 13.5 Å². The first-order chi connectivity index (χ1) is 12.2. The van der Waals surface area contributed by atoms with Gasteiger partial charge in [0.1, 0.15) is 11.6 Å². The zero-order valence-corrected chi connectivity index (χ0v) is 14.5. The van der Waals surface area contributed by atoms with Crippen LogP contribution in [-0.2, 0) is 6.54 Å². The van der Waals surface area contributed by atoms with Crippen LogP contribution in [0.1, 0.15) is 11.4 Å². The molecule has 5 heteroatoms. The lowest BCUT2D eigenvalue weighted by molar-refractivity contribution is 0.244. The normalized spacial score (nSPS) is 15.6. The standard InChI is InChI=1S/C20H23N5/c1-15-6-2-5-9-18(15)25-12-10-24(11-13-25)14-19-22-17-8-4-3-7-16(17)20(21)23-19/h2-9H,10-14H2,1H3,(H2,21,22,23). The predicted octanol–water partition coefficient (Wildman–Crippen LogP) is 2.84. The van der Waals surface area contributed by atoms with Gasteiger partial charge in [0.2, 0.25) is 0 Å². The minimum absolute atomic E-state index is 0.569. The third kappa shape index (κ3) is 3.28. The fraction of sp³-hybridized carbons (Fsp3) is 0.300. The van der Waals surface area contributed by atoms with Gasteiger partial charge >= 0.3 is 0 Å². The first-order valence-corrected chi connectivity index (χ1v) is 8.75. The maximum atomic E-state index is 6.10. The molecular weight excluding hydrogens is 310 g/mol. The molecular formula is C20H23N5.